The van der Waals surface area contributed by atoms with E-state index in [1.54, 1.807) is 14.2 Å². The Bertz CT molecular complexity index is 758. The highest BCUT2D eigenvalue weighted by atomic mass is 16.5. The van der Waals surface area contributed by atoms with E-state index >= 15 is 0 Å². The average molecular weight is 369 g/mol. The lowest BCUT2D eigenvalue weighted by atomic mass is 10.2. The molecule has 1 aliphatic rings. The van der Waals surface area contributed by atoms with Crippen molar-refractivity contribution >= 4 is 11.6 Å². The van der Waals surface area contributed by atoms with Crippen molar-refractivity contribution in [3.8, 4) is 11.5 Å². The van der Waals surface area contributed by atoms with Gasteiger partial charge in [0.2, 0.25) is 5.91 Å². The third-order valence-electron chi connectivity index (χ3n) is 4.75. The van der Waals surface area contributed by atoms with Crippen molar-refractivity contribution in [2.75, 3.05) is 52.3 Å². The molecule has 0 unspecified atom stereocenters. The fourth-order valence-electron chi connectivity index (χ4n) is 3.28. The van der Waals surface area contributed by atoms with Gasteiger partial charge < -0.3 is 14.8 Å². The molecule has 27 heavy (non-hydrogen) atoms. The second-order valence-corrected chi connectivity index (χ2v) is 6.65. The zero-order valence-corrected chi connectivity index (χ0v) is 16.0. The van der Waals surface area contributed by atoms with Crippen molar-refractivity contribution in [3.63, 3.8) is 0 Å². The van der Waals surface area contributed by atoms with E-state index in [9.17, 15) is 4.79 Å². The van der Waals surface area contributed by atoms with Gasteiger partial charge in [-0.05, 0) is 29.8 Å². The van der Waals surface area contributed by atoms with Gasteiger partial charge in [-0.2, -0.15) is 0 Å². The lowest BCUT2D eigenvalue weighted by Crippen LogP contribution is -2.48. The van der Waals surface area contributed by atoms with E-state index in [1.165, 1.54) is 5.56 Å². The van der Waals surface area contributed by atoms with Crippen molar-refractivity contribution in [1.82, 2.24) is 9.80 Å². The number of benzene rings is 2. The number of carbonyl (C=O) groups is 1. The lowest BCUT2D eigenvalue weighted by Gasteiger charge is -2.34. The molecule has 6 nitrogen and oxygen atoms in total. The van der Waals surface area contributed by atoms with E-state index in [4.69, 9.17) is 9.47 Å². The van der Waals surface area contributed by atoms with Crippen LogP contribution in [0.3, 0.4) is 0 Å². The number of methoxy groups -OCH3 is 2. The van der Waals surface area contributed by atoms with Gasteiger partial charge in [-0.3, -0.25) is 14.6 Å². The van der Waals surface area contributed by atoms with Crippen LogP contribution >= 0.6 is 0 Å². The molecule has 1 saturated heterocycles. The Balaban J connectivity index is 1.45. The van der Waals surface area contributed by atoms with Crippen molar-refractivity contribution in [2.45, 2.75) is 6.54 Å². The Morgan fingerprint density at radius 2 is 1.70 bits per heavy atom. The first-order valence-corrected chi connectivity index (χ1v) is 9.18. The fourth-order valence-corrected chi connectivity index (χ4v) is 3.28. The van der Waals surface area contributed by atoms with Gasteiger partial charge in [0.25, 0.3) is 0 Å². The molecule has 2 aromatic carbocycles. The number of piperazine rings is 1. The number of rotatable bonds is 7. The molecule has 1 N–H and O–H groups in total. The summed E-state index contributed by atoms with van der Waals surface area (Å²) in [5.41, 5.74) is 1.96. The molecule has 0 bridgehead atoms. The lowest BCUT2D eigenvalue weighted by molar-refractivity contribution is -0.117. The van der Waals surface area contributed by atoms with Gasteiger partial charge in [0, 0.05) is 32.7 Å². The SMILES string of the molecule is COc1cccc(CN2CCN(CC(=O)Nc3ccccc3OC)CC2)c1. The van der Waals surface area contributed by atoms with E-state index in [0.717, 1.165) is 38.5 Å². The largest absolute Gasteiger partial charge is 0.497 e. The second-order valence-electron chi connectivity index (χ2n) is 6.65. The smallest absolute Gasteiger partial charge is 0.238 e. The summed E-state index contributed by atoms with van der Waals surface area (Å²) in [6, 6.07) is 15.6. The van der Waals surface area contributed by atoms with Gasteiger partial charge in [-0.1, -0.05) is 24.3 Å². The van der Waals surface area contributed by atoms with E-state index in [2.05, 4.69) is 27.2 Å². The number of hydrogen-bond donors (Lipinski definition) is 1. The molecule has 3 rings (SSSR count). The van der Waals surface area contributed by atoms with Crippen molar-refractivity contribution < 1.29 is 14.3 Å². The number of para-hydroxylation sites is 2. The summed E-state index contributed by atoms with van der Waals surface area (Å²) < 4.78 is 10.6. The van der Waals surface area contributed by atoms with E-state index in [-0.39, 0.29) is 5.91 Å². The number of carbonyl (C=O) groups excluding carboxylic acids is 1. The van der Waals surface area contributed by atoms with Crippen LogP contribution in [-0.2, 0) is 11.3 Å². The van der Waals surface area contributed by atoms with Crippen LogP contribution in [0.25, 0.3) is 0 Å². The predicted molar refractivity (Wildman–Crippen MR) is 106 cm³/mol. The fraction of sp³-hybridized carbons (Fsp3) is 0.381. The maximum Gasteiger partial charge on any atom is 0.238 e. The molecule has 0 aliphatic carbocycles. The summed E-state index contributed by atoms with van der Waals surface area (Å²) in [6.07, 6.45) is 0. The van der Waals surface area contributed by atoms with Crippen LogP contribution in [-0.4, -0.2) is 62.7 Å². The molecule has 0 saturated carbocycles. The Labute approximate surface area is 160 Å². The zero-order valence-electron chi connectivity index (χ0n) is 16.0. The van der Waals surface area contributed by atoms with Gasteiger partial charge in [0.05, 0.1) is 26.5 Å². The number of hydrogen-bond acceptors (Lipinski definition) is 5. The maximum atomic E-state index is 12.4. The third kappa shape index (κ3) is 5.45. The first-order chi connectivity index (χ1) is 13.2. The first-order valence-electron chi connectivity index (χ1n) is 9.18. The normalized spacial score (nSPS) is 15.3. The van der Waals surface area contributed by atoms with Crippen molar-refractivity contribution in [1.29, 1.82) is 0 Å². The molecular weight excluding hydrogens is 342 g/mol. The Kier molecular flexibility index (Phi) is 6.68. The van der Waals surface area contributed by atoms with Crippen LogP contribution in [0, 0.1) is 0 Å². The van der Waals surface area contributed by atoms with Gasteiger partial charge in [-0.25, -0.2) is 0 Å². The molecule has 1 heterocycles. The Morgan fingerprint density at radius 1 is 0.963 bits per heavy atom. The minimum atomic E-state index is -0.0132. The minimum absolute atomic E-state index is 0.0132. The van der Waals surface area contributed by atoms with Gasteiger partial charge >= 0.3 is 0 Å². The molecule has 0 spiro atoms. The number of amides is 1. The molecular formula is C21H27N3O3. The Morgan fingerprint density at radius 3 is 2.44 bits per heavy atom. The summed E-state index contributed by atoms with van der Waals surface area (Å²) in [5, 5.41) is 2.94. The molecule has 0 aromatic heterocycles. The highest BCUT2D eigenvalue weighted by molar-refractivity contribution is 5.93. The van der Waals surface area contributed by atoms with Crippen molar-refractivity contribution in [2.24, 2.45) is 0 Å². The summed E-state index contributed by atoms with van der Waals surface area (Å²) >= 11 is 0. The average Bonchev–Trinajstić information content (AvgIpc) is 2.70. The highest BCUT2D eigenvalue weighted by Gasteiger charge is 2.19. The summed E-state index contributed by atoms with van der Waals surface area (Å²) in [7, 11) is 3.29. The van der Waals surface area contributed by atoms with Crippen LogP contribution in [0.1, 0.15) is 5.56 Å². The zero-order chi connectivity index (χ0) is 19.1. The van der Waals surface area contributed by atoms with E-state index < -0.39 is 0 Å². The summed E-state index contributed by atoms with van der Waals surface area (Å²) in [4.78, 5) is 16.9. The molecule has 144 valence electrons. The quantitative estimate of drug-likeness (QED) is 0.813. The Hall–Kier alpha value is -2.57. The molecule has 6 heteroatoms. The maximum absolute atomic E-state index is 12.4. The van der Waals surface area contributed by atoms with Crippen LogP contribution in [0.15, 0.2) is 48.5 Å². The highest BCUT2D eigenvalue weighted by Crippen LogP contribution is 2.23. The summed E-state index contributed by atoms with van der Waals surface area (Å²) in [5.74, 6) is 1.55. The number of nitrogens with zero attached hydrogens (tertiary/aromatic N) is 2. The van der Waals surface area contributed by atoms with Crippen LogP contribution < -0.4 is 14.8 Å². The monoisotopic (exact) mass is 369 g/mol. The first kappa shape index (κ1) is 19.2. The molecule has 0 atom stereocenters. The van der Waals surface area contributed by atoms with Gasteiger partial charge in [-0.15, -0.1) is 0 Å². The van der Waals surface area contributed by atoms with Crippen molar-refractivity contribution in [3.05, 3.63) is 54.1 Å². The molecule has 1 fully saturated rings. The van der Waals surface area contributed by atoms with Crippen LogP contribution in [0.5, 0.6) is 11.5 Å². The number of nitrogens with one attached hydrogen (secondary N) is 1. The predicted octanol–water partition coefficient (Wildman–Crippen LogP) is 2.46. The van der Waals surface area contributed by atoms with E-state index in [0.29, 0.717) is 18.0 Å². The molecule has 1 amide bonds. The van der Waals surface area contributed by atoms with E-state index in [1.807, 2.05) is 36.4 Å². The molecule has 2 aromatic rings. The number of anilines is 1. The second kappa shape index (κ2) is 9.39. The number of ether oxygens (including phenoxy) is 2. The van der Waals surface area contributed by atoms with Gasteiger partial charge in [0.15, 0.2) is 0 Å². The molecule has 0 radical (unpaired) electrons. The van der Waals surface area contributed by atoms with Crippen LogP contribution in [0.2, 0.25) is 0 Å². The third-order valence-corrected chi connectivity index (χ3v) is 4.75. The summed E-state index contributed by atoms with van der Waals surface area (Å²) in [6.45, 7) is 4.94. The van der Waals surface area contributed by atoms with Gasteiger partial charge in [0.1, 0.15) is 11.5 Å². The van der Waals surface area contributed by atoms with Crippen LogP contribution in [0.4, 0.5) is 5.69 Å². The molecule has 1 aliphatic heterocycles. The topological polar surface area (TPSA) is 54.0 Å². The minimum Gasteiger partial charge on any atom is -0.497 e. The standard InChI is InChI=1S/C21H27N3O3/c1-26-18-7-5-6-17(14-18)15-23-10-12-24(13-11-23)16-21(25)22-19-8-3-4-9-20(19)27-2/h3-9,14H,10-13,15-16H2,1-2H3,(H,22,25).